The molecule has 0 radical (unpaired) electrons. The lowest BCUT2D eigenvalue weighted by atomic mass is 10.2. The number of hydrogen-bond donors (Lipinski definition) is 1. The van der Waals surface area contributed by atoms with Gasteiger partial charge in [-0.05, 0) is 40.2 Å². The van der Waals surface area contributed by atoms with E-state index in [9.17, 15) is 4.79 Å². The van der Waals surface area contributed by atoms with Crippen molar-refractivity contribution in [2.45, 2.75) is 0 Å². The number of carbonyl (C=O) groups excluding carboxylic acids is 1. The van der Waals surface area contributed by atoms with Gasteiger partial charge in [0.05, 0.1) is 5.56 Å². The Balaban J connectivity index is 1.81. The van der Waals surface area contributed by atoms with Gasteiger partial charge in [-0.2, -0.15) is 0 Å². The molecule has 0 saturated carbocycles. The van der Waals surface area contributed by atoms with E-state index in [1.54, 1.807) is 36.5 Å². The Morgan fingerprint density at radius 1 is 1.20 bits per heavy atom. The number of aromatic nitrogens is 1. The van der Waals surface area contributed by atoms with E-state index in [-0.39, 0.29) is 5.91 Å². The molecule has 2 aromatic rings. The van der Waals surface area contributed by atoms with Crippen LogP contribution in [0.3, 0.4) is 0 Å². The van der Waals surface area contributed by atoms with Crippen LogP contribution in [0.5, 0.6) is 11.5 Å². The molecule has 0 saturated heterocycles. The minimum atomic E-state index is -0.235. The van der Waals surface area contributed by atoms with E-state index in [0.717, 1.165) is 0 Å². The van der Waals surface area contributed by atoms with Gasteiger partial charge in [-0.15, -0.1) is 0 Å². The smallest absolute Gasteiger partial charge is 0.258 e. The topological polar surface area (TPSA) is 60.5 Å². The van der Waals surface area contributed by atoms with E-state index in [4.69, 9.17) is 9.47 Å². The van der Waals surface area contributed by atoms with Crippen LogP contribution >= 0.6 is 15.9 Å². The van der Waals surface area contributed by atoms with Crippen molar-refractivity contribution < 1.29 is 14.3 Å². The van der Waals surface area contributed by atoms with Crippen molar-refractivity contribution in [3.05, 3.63) is 46.7 Å². The van der Waals surface area contributed by atoms with Crippen LogP contribution in [-0.4, -0.2) is 24.1 Å². The number of amides is 1. The minimum absolute atomic E-state index is 0.235. The largest absolute Gasteiger partial charge is 0.486 e. The molecule has 1 aromatic heterocycles. The lowest BCUT2D eigenvalue weighted by Gasteiger charge is -2.19. The summed E-state index contributed by atoms with van der Waals surface area (Å²) in [4.78, 5) is 16.2. The number of hydrogen-bond acceptors (Lipinski definition) is 4. The molecule has 0 fully saturated rings. The number of carbonyl (C=O) groups is 1. The van der Waals surface area contributed by atoms with Crippen molar-refractivity contribution in [3.63, 3.8) is 0 Å². The summed E-state index contributed by atoms with van der Waals surface area (Å²) in [5, 5.41) is 2.80. The van der Waals surface area contributed by atoms with Gasteiger partial charge in [-0.3, -0.25) is 4.79 Å². The maximum atomic E-state index is 12.1. The molecule has 0 spiro atoms. The van der Waals surface area contributed by atoms with Gasteiger partial charge in [0, 0.05) is 18.0 Å². The maximum Gasteiger partial charge on any atom is 0.258 e. The van der Waals surface area contributed by atoms with Gasteiger partial charge in [0.1, 0.15) is 17.8 Å². The van der Waals surface area contributed by atoms with Crippen LogP contribution in [0.15, 0.2) is 41.1 Å². The number of pyridine rings is 1. The molecular weight excluding hydrogens is 324 g/mol. The predicted octanol–water partition coefficient (Wildman–Crippen LogP) is 2.87. The third-order valence-electron chi connectivity index (χ3n) is 2.80. The predicted molar refractivity (Wildman–Crippen MR) is 77.3 cm³/mol. The summed E-state index contributed by atoms with van der Waals surface area (Å²) in [5.74, 6) is 1.10. The van der Waals surface area contributed by atoms with E-state index in [1.165, 1.54) is 0 Å². The second-order valence-electron chi connectivity index (χ2n) is 4.15. The van der Waals surface area contributed by atoms with Crippen molar-refractivity contribution in [3.8, 4) is 11.5 Å². The van der Waals surface area contributed by atoms with Crippen LogP contribution in [0.1, 0.15) is 10.4 Å². The molecule has 1 aliphatic heterocycles. The quantitative estimate of drug-likeness (QED) is 0.858. The molecule has 0 bridgehead atoms. The van der Waals surface area contributed by atoms with E-state index in [1.807, 2.05) is 0 Å². The first kappa shape index (κ1) is 12.9. The Kier molecular flexibility index (Phi) is 3.56. The van der Waals surface area contributed by atoms with Crippen molar-refractivity contribution in [2.75, 3.05) is 18.5 Å². The van der Waals surface area contributed by atoms with Crippen LogP contribution in [0, 0.1) is 0 Å². The number of nitrogens with zero attached hydrogens (tertiary/aromatic N) is 1. The third kappa shape index (κ3) is 2.60. The molecule has 20 heavy (non-hydrogen) atoms. The molecule has 2 heterocycles. The summed E-state index contributed by atoms with van der Waals surface area (Å²) in [6.45, 7) is 1.06. The number of ether oxygens (including phenoxy) is 2. The van der Waals surface area contributed by atoms with Crippen LogP contribution in [0.4, 0.5) is 5.69 Å². The lowest BCUT2D eigenvalue weighted by Crippen LogP contribution is -2.16. The monoisotopic (exact) mass is 334 g/mol. The molecule has 1 aromatic carbocycles. The van der Waals surface area contributed by atoms with E-state index in [0.29, 0.717) is 40.6 Å². The highest BCUT2D eigenvalue weighted by Crippen LogP contribution is 2.32. The number of nitrogens with one attached hydrogen (secondary N) is 1. The summed E-state index contributed by atoms with van der Waals surface area (Å²) in [7, 11) is 0. The van der Waals surface area contributed by atoms with Gasteiger partial charge in [0.15, 0.2) is 11.5 Å². The van der Waals surface area contributed by atoms with Gasteiger partial charge < -0.3 is 14.8 Å². The molecule has 0 atom stereocenters. The summed E-state index contributed by atoms with van der Waals surface area (Å²) in [5.41, 5.74) is 1.12. The standard InChI is InChI=1S/C14H11BrN2O3/c15-13-10(2-1-5-16-13)14(18)17-9-3-4-11-12(8-9)20-7-6-19-11/h1-5,8H,6-7H2,(H,17,18). The van der Waals surface area contributed by atoms with Gasteiger partial charge in [0.2, 0.25) is 0 Å². The fraction of sp³-hybridized carbons (Fsp3) is 0.143. The second-order valence-corrected chi connectivity index (χ2v) is 4.91. The van der Waals surface area contributed by atoms with Crippen LogP contribution < -0.4 is 14.8 Å². The number of anilines is 1. The molecule has 1 aliphatic rings. The summed E-state index contributed by atoms with van der Waals surface area (Å²) in [6.07, 6.45) is 1.62. The zero-order valence-corrected chi connectivity index (χ0v) is 12.0. The first-order valence-electron chi connectivity index (χ1n) is 6.05. The van der Waals surface area contributed by atoms with Gasteiger partial charge in [-0.25, -0.2) is 4.98 Å². The highest BCUT2D eigenvalue weighted by atomic mass is 79.9. The van der Waals surface area contributed by atoms with Crippen molar-refractivity contribution in [2.24, 2.45) is 0 Å². The van der Waals surface area contributed by atoms with Crippen molar-refractivity contribution in [1.29, 1.82) is 0 Å². The number of benzene rings is 1. The normalized spacial score (nSPS) is 12.8. The number of rotatable bonds is 2. The van der Waals surface area contributed by atoms with Gasteiger partial charge in [0.25, 0.3) is 5.91 Å². The Morgan fingerprint density at radius 3 is 2.80 bits per heavy atom. The van der Waals surface area contributed by atoms with Crippen LogP contribution in [0.25, 0.3) is 0 Å². The molecule has 102 valence electrons. The highest BCUT2D eigenvalue weighted by Gasteiger charge is 2.14. The van der Waals surface area contributed by atoms with Crippen LogP contribution in [-0.2, 0) is 0 Å². The summed E-state index contributed by atoms with van der Waals surface area (Å²) >= 11 is 3.25. The summed E-state index contributed by atoms with van der Waals surface area (Å²) < 4.78 is 11.4. The maximum absolute atomic E-state index is 12.1. The molecule has 6 heteroatoms. The van der Waals surface area contributed by atoms with Crippen LogP contribution in [0.2, 0.25) is 0 Å². The lowest BCUT2D eigenvalue weighted by molar-refractivity contribution is 0.102. The second kappa shape index (κ2) is 5.50. The third-order valence-corrected chi connectivity index (χ3v) is 3.44. The van der Waals surface area contributed by atoms with Gasteiger partial charge >= 0.3 is 0 Å². The molecule has 0 aliphatic carbocycles. The molecule has 3 rings (SSSR count). The Hall–Kier alpha value is -2.08. The minimum Gasteiger partial charge on any atom is -0.486 e. The van der Waals surface area contributed by atoms with Crippen molar-refractivity contribution in [1.82, 2.24) is 4.98 Å². The van der Waals surface area contributed by atoms with E-state index >= 15 is 0 Å². The Bertz CT molecular complexity index is 661. The zero-order valence-electron chi connectivity index (χ0n) is 10.4. The highest BCUT2D eigenvalue weighted by molar-refractivity contribution is 9.10. The van der Waals surface area contributed by atoms with Gasteiger partial charge in [-0.1, -0.05) is 0 Å². The molecule has 5 nitrogen and oxygen atoms in total. The number of fused-ring (bicyclic) bond motifs is 1. The molecular formula is C14H11BrN2O3. The fourth-order valence-corrected chi connectivity index (χ4v) is 2.31. The van der Waals surface area contributed by atoms with Crippen molar-refractivity contribution >= 4 is 27.5 Å². The number of halogens is 1. The molecule has 0 unspecified atom stereocenters. The average Bonchev–Trinajstić information content (AvgIpc) is 2.47. The average molecular weight is 335 g/mol. The molecule has 1 amide bonds. The Morgan fingerprint density at radius 2 is 2.00 bits per heavy atom. The first-order chi connectivity index (χ1) is 9.74. The van der Waals surface area contributed by atoms with E-state index < -0.39 is 0 Å². The SMILES string of the molecule is O=C(Nc1ccc2c(c1)OCCO2)c1cccnc1Br. The first-order valence-corrected chi connectivity index (χ1v) is 6.85. The fourth-order valence-electron chi connectivity index (χ4n) is 1.87. The Labute approximate surface area is 124 Å². The summed E-state index contributed by atoms with van der Waals surface area (Å²) in [6, 6.07) is 8.71. The molecule has 1 N–H and O–H groups in total. The van der Waals surface area contributed by atoms with E-state index in [2.05, 4.69) is 26.2 Å². The zero-order chi connectivity index (χ0) is 13.9.